The number of hydrogen-bond donors (Lipinski definition) is 0. The van der Waals surface area contributed by atoms with Gasteiger partial charge in [-0.3, -0.25) is 9.69 Å². The van der Waals surface area contributed by atoms with Gasteiger partial charge in [0.2, 0.25) is 5.91 Å². The lowest BCUT2D eigenvalue weighted by Crippen LogP contribution is -2.40. The number of carbonyl (C=O) groups is 1. The van der Waals surface area contributed by atoms with E-state index in [1.165, 1.54) is 23.3 Å². The number of fused-ring (bicyclic) bond motifs is 1. The van der Waals surface area contributed by atoms with Crippen molar-refractivity contribution in [1.82, 2.24) is 9.91 Å². The molecule has 0 unspecified atom stereocenters. The summed E-state index contributed by atoms with van der Waals surface area (Å²) in [5.74, 6) is -0.230. The SMILES string of the molecule is CN(CN1N=C(c2ccc(F)cc2)CCC1=O)[C@@H]1CCc2ccccc21. The summed E-state index contributed by atoms with van der Waals surface area (Å²) in [6.07, 6.45) is 3.16. The van der Waals surface area contributed by atoms with Crippen LogP contribution in [0.2, 0.25) is 0 Å². The summed E-state index contributed by atoms with van der Waals surface area (Å²) in [4.78, 5) is 14.5. The third kappa shape index (κ3) is 3.27. The lowest BCUT2D eigenvalue weighted by Gasteiger charge is -2.31. The number of nitrogens with zero attached hydrogens (tertiary/aromatic N) is 3. The quantitative estimate of drug-likeness (QED) is 0.841. The summed E-state index contributed by atoms with van der Waals surface area (Å²) >= 11 is 0. The third-order valence-corrected chi connectivity index (χ3v) is 5.27. The molecule has 134 valence electrons. The van der Waals surface area contributed by atoms with Gasteiger partial charge in [0, 0.05) is 18.9 Å². The number of hydrazone groups is 1. The van der Waals surface area contributed by atoms with E-state index in [1.807, 2.05) is 7.05 Å². The van der Waals surface area contributed by atoms with Crippen LogP contribution in [-0.2, 0) is 11.2 Å². The number of amides is 1. The second-order valence-corrected chi connectivity index (χ2v) is 7.00. The average Bonchev–Trinajstić information content (AvgIpc) is 3.08. The molecule has 4 nitrogen and oxygen atoms in total. The second-order valence-electron chi connectivity index (χ2n) is 7.00. The molecule has 5 heteroatoms. The van der Waals surface area contributed by atoms with Gasteiger partial charge in [-0.05, 0) is 48.7 Å². The normalized spacial score (nSPS) is 19.7. The van der Waals surface area contributed by atoms with Gasteiger partial charge in [-0.25, -0.2) is 9.40 Å². The molecular weight excluding hydrogens is 329 g/mol. The highest BCUT2D eigenvalue weighted by molar-refractivity contribution is 6.04. The van der Waals surface area contributed by atoms with Crippen LogP contribution in [0.4, 0.5) is 4.39 Å². The molecule has 4 rings (SSSR count). The van der Waals surface area contributed by atoms with Crippen molar-refractivity contribution >= 4 is 11.6 Å². The zero-order chi connectivity index (χ0) is 18.1. The highest BCUT2D eigenvalue weighted by Gasteiger charge is 2.29. The fourth-order valence-electron chi connectivity index (χ4n) is 3.86. The molecule has 1 heterocycles. The van der Waals surface area contributed by atoms with Crippen molar-refractivity contribution in [2.24, 2.45) is 5.10 Å². The maximum absolute atomic E-state index is 13.1. The molecule has 0 N–H and O–H groups in total. The summed E-state index contributed by atoms with van der Waals surface area (Å²) in [6, 6.07) is 15.1. The zero-order valence-electron chi connectivity index (χ0n) is 14.9. The molecule has 0 aromatic heterocycles. The largest absolute Gasteiger partial charge is 0.280 e. The van der Waals surface area contributed by atoms with Crippen LogP contribution >= 0.6 is 0 Å². The van der Waals surface area contributed by atoms with Crippen LogP contribution in [0.15, 0.2) is 53.6 Å². The van der Waals surface area contributed by atoms with Crippen LogP contribution in [0.5, 0.6) is 0 Å². The smallest absolute Gasteiger partial charge is 0.244 e. The summed E-state index contributed by atoms with van der Waals surface area (Å²) < 4.78 is 13.1. The van der Waals surface area contributed by atoms with Crippen molar-refractivity contribution < 1.29 is 9.18 Å². The number of rotatable bonds is 4. The van der Waals surface area contributed by atoms with E-state index in [4.69, 9.17) is 0 Å². The maximum atomic E-state index is 13.1. The maximum Gasteiger partial charge on any atom is 0.244 e. The average molecular weight is 351 g/mol. The third-order valence-electron chi connectivity index (χ3n) is 5.27. The minimum Gasteiger partial charge on any atom is -0.280 e. The van der Waals surface area contributed by atoms with Crippen LogP contribution in [0, 0.1) is 5.82 Å². The Hall–Kier alpha value is -2.53. The zero-order valence-corrected chi connectivity index (χ0v) is 14.9. The second kappa shape index (κ2) is 7.00. The summed E-state index contributed by atoms with van der Waals surface area (Å²) in [5, 5.41) is 6.13. The van der Waals surface area contributed by atoms with E-state index in [1.54, 1.807) is 17.1 Å². The van der Waals surface area contributed by atoms with Gasteiger partial charge in [-0.2, -0.15) is 5.10 Å². The number of benzene rings is 2. The molecular formula is C21H22FN3O. The lowest BCUT2D eigenvalue weighted by atomic mass is 10.0. The van der Waals surface area contributed by atoms with E-state index in [9.17, 15) is 9.18 Å². The predicted molar refractivity (Wildman–Crippen MR) is 99.2 cm³/mol. The molecule has 1 aliphatic carbocycles. The Balaban J connectivity index is 1.52. The van der Waals surface area contributed by atoms with Gasteiger partial charge in [0.25, 0.3) is 0 Å². The Kier molecular flexibility index (Phi) is 4.55. The number of aryl methyl sites for hydroxylation is 1. The molecule has 0 radical (unpaired) electrons. The van der Waals surface area contributed by atoms with Crippen molar-refractivity contribution in [3.63, 3.8) is 0 Å². The fourth-order valence-corrected chi connectivity index (χ4v) is 3.86. The van der Waals surface area contributed by atoms with E-state index in [2.05, 4.69) is 34.3 Å². The summed E-state index contributed by atoms with van der Waals surface area (Å²) in [7, 11) is 2.04. The first-order valence-electron chi connectivity index (χ1n) is 9.03. The number of hydrogen-bond acceptors (Lipinski definition) is 3. The van der Waals surface area contributed by atoms with Crippen LogP contribution < -0.4 is 0 Å². The van der Waals surface area contributed by atoms with Crippen molar-refractivity contribution in [3.05, 3.63) is 71.0 Å². The molecule has 2 aliphatic rings. The number of carbonyl (C=O) groups excluding carboxylic acids is 1. The molecule has 2 aromatic carbocycles. The fraction of sp³-hybridized carbons (Fsp3) is 0.333. The minimum atomic E-state index is -0.266. The predicted octanol–water partition coefficient (Wildman–Crippen LogP) is 3.73. The van der Waals surface area contributed by atoms with E-state index in [0.29, 0.717) is 25.6 Å². The van der Waals surface area contributed by atoms with Crippen molar-refractivity contribution in [2.45, 2.75) is 31.7 Å². The highest BCUT2D eigenvalue weighted by atomic mass is 19.1. The minimum absolute atomic E-state index is 0.0361. The van der Waals surface area contributed by atoms with Crippen molar-refractivity contribution in [3.8, 4) is 0 Å². The van der Waals surface area contributed by atoms with Crippen LogP contribution in [0.1, 0.15) is 42.0 Å². The van der Waals surface area contributed by atoms with Gasteiger partial charge in [0.1, 0.15) is 5.82 Å². The molecule has 2 aromatic rings. The molecule has 0 bridgehead atoms. The molecule has 1 atom stereocenters. The van der Waals surface area contributed by atoms with E-state index in [0.717, 1.165) is 24.1 Å². The summed E-state index contributed by atoms with van der Waals surface area (Å²) in [5.41, 5.74) is 4.45. The van der Waals surface area contributed by atoms with Gasteiger partial charge in [-0.1, -0.05) is 36.4 Å². The van der Waals surface area contributed by atoms with Crippen molar-refractivity contribution in [1.29, 1.82) is 0 Å². The van der Waals surface area contributed by atoms with Gasteiger partial charge >= 0.3 is 0 Å². The van der Waals surface area contributed by atoms with Gasteiger partial charge in [-0.15, -0.1) is 0 Å². The lowest BCUT2D eigenvalue weighted by molar-refractivity contribution is -0.134. The molecule has 26 heavy (non-hydrogen) atoms. The van der Waals surface area contributed by atoms with Gasteiger partial charge in [0.05, 0.1) is 12.4 Å². The van der Waals surface area contributed by atoms with Gasteiger partial charge < -0.3 is 0 Å². The monoisotopic (exact) mass is 351 g/mol. The molecule has 0 saturated carbocycles. The van der Waals surface area contributed by atoms with Crippen LogP contribution in [0.3, 0.4) is 0 Å². The van der Waals surface area contributed by atoms with E-state index >= 15 is 0 Å². The molecule has 0 saturated heterocycles. The molecule has 1 aliphatic heterocycles. The summed E-state index contributed by atoms with van der Waals surface area (Å²) in [6.45, 7) is 0.461. The Bertz CT molecular complexity index is 847. The molecule has 1 amide bonds. The molecule has 0 spiro atoms. The standard InChI is InChI=1S/C21H22FN3O/c1-24(20-12-8-15-4-2-3-5-18(15)20)14-25-21(26)13-11-19(23-25)16-6-9-17(22)10-7-16/h2-7,9-10,20H,8,11-14H2,1H3/t20-/m1/s1. The first-order valence-corrected chi connectivity index (χ1v) is 9.03. The number of halogens is 1. The highest BCUT2D eigenvalue weighted by Crippen LogP contribution is 2.35. The molecule has 0 fully saturated rings. The van der Waals surface area contributed by atoms with Crippen LogP contribution in [0.25, 0.3) is 0 Å². The van der Waals surface area contributed by atoms with E-state index < -0.39 is 0 Å². The first-order chi connectivity index (χ1) is 12.6. The van der Waals surface area contributed by atoms with Crippen LogP contribution in [-0.4, -0.2) is 35.2 Å². The first kappa shape index (κ1) is 16.9. The Morgan fingerprint density at radius 1 is 1.12 bits per heavy atom. The Labute approximate surface area is 152 Å². The topological polar surface area (TPSA) is 35.9 Å². The van der Waals surface area contributed by atoms with Crippen molar-refractivity contribution in [2.75, 3.05) is 13.7 Å². The Morgan fingerprint density at radius 2 is 1.88 bits per heavy atom. The Morgan fingerprint density at radius 3 is 2.69 bits per heavy atom. The van der Waals surface area contributed by atoms with E-state index in [-0.39, 0.29) is 11.7 Å². The van der Waals surface area contributed by atoms with Gasteiger partial charge in [0.15, 0.2) is 0 Å².